The van der Waals surface area contributed by atoms with E-state index >= 15 is 0 Å². The first kappa shape index (κ1) is 11.0. The fraction of sp³-hybridized carbons (Fsp3) is 0.300. The third kappa shape index (κ3) is 2.26. The number of halogens is 1. The maximum atomic E-state index is 11.5. The van der Waals surface area contributed by atoms with E-state index in [0.29, 0.717) is 17.9 Å². The van der Waals surface area contributed by atoms with E-state index in [-0.39, 0.29) is 5.97 Å². The molecule has 0 saturated carbocycles. The molecular formula is C10H12BrNO2. The summed E-state index contributed by atoms with van der Waals surface area (Å²) in [6, 6.07) is 3.40. The lowest BCUT2D eigenvalue weighted by Gasteiger charge is -2.07. The Balaban J connectivity index is 3.13. The summed E-state index contributed by atoms with van der Waals surface area (Å²) in [5.41, 5.74) is 7.60. The van der Waals surface area contributed by atoms with E-state index in [1.165, 1.54) is 0 Å². The number of nitrogens with two attached hydrogens (primary N) is 1. The van der Waals surface area contributed by atoms with Crippen LogP contribution in [-0.4, -0.2) is 12.6 Å². The van der Waals surface area contributed by atoms with Gasteiger partial charge in [-0.15, -0.1) is 0 Å². The zero-order valence-corrected chi connectivity index (χ0v) is 9.72. The van der Waals surface area contributed by atoms with Gasteiger partial charge in [-0.25, -0.2) is 4.79 Å². The maximum Gasteiger partial charge on any atom is 0.339 e. The van der Waals surface area contributed by atoms with Crippen molar-refractivity contribution in [3.63, 3.8) is 0 Å². The summed E-state index contributed by atoms with van der Waals surface area (Å²) in [4.78, 5) is 11.5. The van der Waals surface area contributed by atoms with Gasteiger partial charge in [0.2, 0.25) is 0 Å². The fourth-order valence-corrected chi connectivity index (χ4v) is 1.55. The third-order valence-corrected chi connectivity index (χ3v) is 2.82. The summed E-state index contributed by atoms with van der Waals surface area (Å²) in [7, 11) is 0. The van der Waals surface area contributed by atoms with Crippen LogP contribution in [0.1, 0.15) is 22.8 Å². The van der Waals surface area contributed by atoms with E-state index in [4.69, 9.17) is 10.5 Å². The number of ether oxygens (including phenoxy) is 1. The van der Waals surface area contributed by atoms with Gasteiger partial charge in [-0.05, 0) is 47.5 Å². The normalized spacial score (nSPS) is 9.93. The number of aryl methyl sites for hydroxylation is 1. The number of carbonyl (C=O) groups excluding carboxylic acids is 1. The van der Waals surface area contributed by atoms with Gasteiger partial charge in [0.15, 0.2) is 0 Å². The number of benzene rings is 1. The molecule has 76 valence electrons. The average molecular weight is 258 g/mol. The molecular weight excluding hydrogens is 246 g/mol. The largest absolute Gasteiger partial charge is 0.462 e. The molecule has 0 atom stereocenters. The average Bonchev–Trinajstić information content (AvgIpc) is 2.11. The molecule has 0 aliphatic carbocycles. The van der Waals surface area contributed by atoms with Crippen molar-refractivity contribution in [2.75, 3.05) is 12.3 Å². The molecule has 1 rings (SSSR count). The minimum atomic E-state index is -0.352. The second-order valence-corrected chi connectivity index (χ2v) is 3.71. The molecule has 2 N–H and O–H groups in total. The lowest BCUT2D eigenvalue weighted by Crippen LogP contribution is -2.07. The molecule has 0 fully saturated rings. The van der Waals surface area contributed by atoms with Crippen LogP contribution in [0.15, 0.2) is 16.6 Å². The summed E-state index contributed by atoms with van der Waals surface area (Å²) in [5.74, 6) is -0.352. The number of carbonyl (C=O) groups is 1. The first-order valence-corrected chi connectivity index (χ1v) is 5.08. The predicted octanol–water partition coefficient (Wildman–Crippen LogP) is 2.52. The van der Waals surface area contributed by atoms with Gasteiger partial charge in [0.25, 0.3) is 0 Å². The molecule has 0 bridgehead atoms. The van der Waals surface area contributed by atoms with Crippen molar-refractivity contribution in [1.29, 1.82) is 0 Å². The molecule has 0 unspecified atom stereocenters. The Morgan fingerprint density at radius 2 is 2.21 bits per heavy atom. The Morgan fingerprint density at radius 1 is 1.57 bits per heavy atom. The lowest BCUT2D eigenvalue weighted by molar-refractivity contribution is 0.0525. The molecule has 0 spiro atoms. The van der Waals surface area contributed by atoms with Crippen LogP contribution >= 0.6 is 15.9 Å². The highest BCUT2D eigenvalue weighted by atomic mass is 79.9. The highest BCUT2D eigenvalue weighted by Crippen LogP contribution is 2.25. The van der Waals surface area contributed by atoms with Crippen molar-refractivity contribution >= 4 is 27.6 Å². The van der Waals surface area contributed by atoms with Gasteiger partial charge >= 0.3 is 5.97 Å². The fourth-order valence-electron chi connectivity index (χ4n) is 1.15. The van der Waals surface area contributed by atoms with Crippen LogP contribution in [0.5, 0.6) is 0 Å². The molecule has 0 aliphatic rings. The Labute approximate surface area is 91.4 Å². The van der Waals surface area contributed by atoms with E-state index in [1.54, 1.807) is 19.1 Å². The van der Waals surface area contributed by atoms with Crippen LogP contribution in [0.3, 0.4) is 0 Å². The third-order valence-electron chi connectivity index (χ3n) is 1.77. The van der Waals surface area contributed by atoms with Gasteiger partial charge < -0.3 is 10.5 Å². The van der Waals surface area contributed by atoms with Gasteiger partial charge in [-0.1, -0.05) is 0 Å². The quantitative estimate of drug-likeness (QED) is 0.655. The zero-order chi connectivity index (χ0) is 10.7. The van der Waals surface area contributed by atoms with Crippen molar-refractivity contribution in [2.24, 2.45) is 0 Å². The van der Waals surface area contributed by atoms with E-state index < -0.39 is 0 Å². The summed E-state index contributed by atoms with van der Waals surface area (Å²) >= 11 is 3.33. The van der Waals surface area contributed by atoms with E-state index in [2.05, 4.69) is 15.9 Å². The van der Waals surface area contributed by atoms with Gasteiger partial charge in [0.1, 0.15) is 0 Å². The monoisotopic (exact) mass is 257 g/mol. The van der Waals surface area contributed by atoms with Crippen LogP contribution in [0, 0.1) is 6.92 Å². The number of anilines is 1. The van der Waals surface area contributed by atoms with E-state index in [0.717, 1.165) is 10.0 Å². The number of rotatable bonds is 2. The first-order valence-electron chi connectivity index (χ1n) is 4.29. The summed E-state index contributed by atoms with van der Waals surface area (Å²) in [6.45, 7) is 4.01. The number of nitrogen functional groups attached to an aromatic ring is 1. The van der Waals surface area contributed by atoms with Crippen LogP contribution in [0.4, 0.5) is 5.69 Å². The molecule has 0 aliphatic heterocycles. The lowest BCUT2D eigenvalue weighted by atomic mass is 10.1. The predicted molar refractivity (Wildman–Crippen MR) is 59.2 cm³/mol. The van der Waals surface area contributed by atoms with Gasteiger partial charge in [-0.2, -0.15) is 0 Å². The highest BCUT2D eigenvalue weighted by molar-refractivity contribution is 9.10. The summed E-state index contributed by atoms with van der Waals surface area (Å²) in [6.07, 6.45) is 0. The first-order chi connectivity index (χ1) is 6.56. The number of esters is 1. The number of hydrogen-bond acceptors (Lipinski definition) is 3. The second-order valence-electron chi connectivity index (χ2n) is 2.92. The van der Waals surface area contributed by atoms with Crippen molar-refractivity contribution in [3.8, 4) is 0 Å². The Morgan fingerprint density at radius 3 is 2.79 bits per heavy atom. The van der Waals surface area contributed by atoms with E-state index in [1.807, 2.05) is 6.92 Å². The van der Waals surface area contributed by atoms with Crippen molar-refractivity contribution in [2.45, 2.75) is 13.8 Å². The smallest absolute Gasteiger partial charge is 0.339 e. The highest BCUT2D eigenvalue weighted by Gasteiger charge is 2.13. The van der Waals surface area contributed by atoms with Gasteiger partial charge in [-0.3, -0.25) is 0 Å². The molecule has 0 aromatic heterocycles. The van der Waals surface area contributed by atoms with Crippen LogP contribution in [0.25, 0.3) is 0 Å². The molecule has 1 aromatic carbocycles. The molecule has 3 nitrogen and oxygen atoms in total. The standard InChI is InChI=1S/C10H12BrNO2/c1-3-14-10(13)8-5-7(12)4-6(2)9(8)11/h4-5H,3,12H2,1-2H3. The minimum absolute atomic E-state index is 0.352. The maximum absolute atomic E-state index is 11.5. The Kier molecular flexibility index (Phi) is 3.52. The molecule has 0 amide bonds. The summed E-state index contributed by atoms with van der Waals surface area (Å²) in [5, 5.41) is 0. The molecule has 0 heterocycles. The van der Waals surface area contributed by atoms with Crippen LogP contribution in [-0.2, 0) is 4.74 Å². The Hall–Kier alpha value is -1.03. The second kappa shape index (κ2) is 4.46. The van der Waals surface area contributed by atoms with Crippen molar-refractivity contribution < 1.29 is 9.53 Å². The molecule has 4 heteroatoms. The molecule has 0 radical (unpaired) electrons. The SMILES string of the molecule is CCOC(=O)c1cc(N)cc(C)c1Br. The summed E-state index contributed by atoms with van der Waals surface area (Å²) < 4.78 is 5.64. The van der Waals surface area contributed by atoms with Crippen molar-refractivity contribution in [1.82, 2.24) is 0 Å². The topological polar surface area (TPSA) is 52.3 Å². The Bertz CT molecular complexity index is 363. The van der Waals surface area contributed by atoms with Gasteiger partial charge in [0.05, 0.1) is 12.2 Å². The van der Waals surface area contributed by atoms with E-state index in [9.17, 15) is 4.79 Å². The van der Waals surface area contributed by atoms with Crippen molar-refractivity contribution in [3.05, 3.63) is 27.7 Å². The molecule has 1 aromatic rings. The minimum Gasteiger partial charge on any atom is -0.462 e. The zero-order valence-electron chi connectivity index (χ0n) is 8.13. The van der Waals surface area contributed by atoms with Crippen LogP contribution < -0.4 is 5.73 Å². The number of hydrogen-bond donors (Lipinski definition) is 1. The molecule has 0 saturated heterocycles. The van der Waals surface area contributed by atoms with Crippen LogP contribution in [0.2, 0.25) is 0 Å². The van der Waals surface area contributed by atoms with Gasteiger partial charge in [0, 0.05) is 10.2 Å². The molecule has 14 heavy (non-hydrogen) atoms.